The van der Waals surface area contributed by atoms with E-state index in [9.17, 15) is 9.59 Å². The second kappa shape index (κ2) is 5.57. The van der Waals surface area contributed by atoms with Crippen LogP contribution in [0.3, 0.4) is 0 Å². The van der Waals surface area contributed by atoms with Crippen LogP contribution in [-0.4, -0.2) is 27.2 Å². The number of hydrogen-bond acceptors (Lipinski definition) is 4. The summed E-state index contributed by atoms with van der Waals surface area (Å²) in [5.74, 6) is -1.36. The van der Waals surface area contributed by atoms with Crippen LogP contribution in [0.2, 0.25) is 0 Å². The van der Waals surface area contributed by atoms with Gasteiger partial charge in [0, 0.05) is 11.1 Å². The Bertz CT molecular complexity index is 693. The van der Waals surface area contributed by atoms with E-state index >= 15 is 0 Å². The lowest BCUT2D eigenvalue weighted by molar-refractivity contribution is -0.115. The Hall–Kier alpha value is -2.34. The molecule has 1 aliphatic rings. The van der Waals surface area contributed by atoms with Gasteiger partial charge in [-0.25, -0.2) is 9.78 Å². The largest absolute Gasteiger partial charge is 0.476 e. The van der Waals surface area contributed by atoms with Gasteiger partial charge in [0.05, 0.1) is 10.9 Å². The number of hydrogen-bond donors (Lipinski definition) is 2. The maximum atomic E-state index is 12.3. The summed E-state index contributed by atoms with van der Waals surface area (Å²) in [4.78, 5) is 28.3. The van der Waals surface area contributed by atoms with E-state index in [4.69, 9.17) is 5.11 Å². The van der Waals surface area contributed by atoms with E-state index in [1.165, 1.54) is 18.0 Å². The number of carbonyl (C=O) groups is 2. The molecular weight excluding hydrogens is 288 g/mol. The van der Waals surface area contributed by atoms with Crippen molar-refractivity contribution in [2.75, 3.05) is 5.32 Å². The molecule has 1 amide bonds. The van der Waals surface area contributed by atoms with Crippen LogP contribution in [0, 0.1) is 0 Å². The van der Waals surface area contributed by atoms with Gasteiger partial charge >= 0.3 is 5.97 Å². The smallest absolute Gasteiger partial charge is 0.356 e. The fourth-order valence-corrected chi connectivity index (χ4v) is 3.41. The zero-order valence-electron chi connectivity index (χ0n) is 10.9. The molecule has 106 valence electrons. The normalized spacial score (nSPS) is 16.3. The Morgan fingerprint density at radius 1 is 1.24 bits per heavy atom. The Labute approximate surface area is 125 Å². The summed E-state index contributed by atoms with van der Waals surface area (Å²) < 4.78 is 0. The first-order valence-corrected chi connectivity index (χ1v) is 7.27. The van der Waals surface area contributed by atoms with Crippen molar-refractivity contribution < 1.29 is 14.7 Å². The molecule has 0 saturated carbocycles. The number of aromatic carboxylic acids is 1. The van der Waals surface area contributed by atoms with Crippen LogP contribution in [0.15, 0.2) is 47.5 Å². The molecule has 1 aromatic heterocycles. The highest BCUT2D eigenvalue weighted by atomic mass is 32.2. The highest BCUT2D eigenvalue weighted by molar-refractivity contribution is 8.01. The quantitative estimate of drug-likeness (QED) is 0.910. The predicted molar refractivity (Wildman–Crippen MR) is 79.6 cm³/mol. The van der Waals surface area contributed by atoms with Crippen LogP contribution in [-0.2, 0) is 11.2 Å². The number of anilines is 1. The third kappa shape index (κ3) is 2.75. The molecule has 0 fully saturated rings. The summed E-state index contributed by atoms with van der Waals surface area (Å²) >= 11 is 1.50. The number of aromatic nitrogens is 1. The van der Waals surface area contributed by atoms with Gasteiger partial charge in [-0.05, 0) is 30.2 Å². The molecule has 2 N–H and O–H groups in total. The number of carbonyl (C=O) groups excluding carboxylic acids is 1. The van der Waals surface area contributed by atoms with Crippen LogP contribution in [0.4, 0.5) is 5.69 Å². The molecule has 1 atom stereocenters. The van der Waals surface area contributed by atoms with Gasteiger partial charge in [0.2, 0.25) is 5.91 Å². The maximum Gasteiger partial charge on any atom is 0.356 e. The first kappa shape index (κ1) is 13.6. The molecule has 0 aliphatic carbocycles. The minimum Gasteiger partial charge on any atom is -0.476 e. The number of rotatable bonds is 3. The van der Waals surface area contributed by atoms with Gasteiger partial charge < -0.3 is 10.4 Å². The number of fused-ring (bicyclic) bond motifs is 1. The second-order valence-electron chi connectivity index (χ2n) is 4.61. The molecule has 1 aliphatic heterocycles. The SMILES string of the molecule is O=C(O)c1ncccc1NC(=O)C1Cc2ccccc2S1. The lowest BCUT2D eigenvalue weighted by Crippen LogP contribution is -2.25. The molecule has 0 radical (unpaired) electrons. The molecule has 2 heterocycles. The highest BCUT2D eigenvalue weighted by Gasteiger charge is 2.28. The summed E-state index contributed by atoms with van der Waals surface area (Å²) in [6, 6.07) is 11.0. The molecule has 21 heavy (non-hydrogen) atoms. The molecule has 5 nitrogen and oxygen atoms in total. The zero-order valence-corrected chi connectivity index (χ0v) is 11.8. The van der Waals surface area contributed by atoms with Gasteiger partial charge in [-0.1, -0.05) is 18.2 Å². The lowest BCUT2D eigenvalue weighted by Gasteiger charge is -2.11. The molecular formula is C15H12N2O3S. The van der Waals surface area contributed by atoms with Crippen molar-refractivity contribution in [2.45, 2.75) is 16.6 Å². The van der Waals surface area contributed by atoms with E-state index in [0.717, 1.165) is 10.5 Å². The van der Waals surface area contributed by atoms with Gasteiger partial charge in [-0.2, -0.15) is 0 Å². The number of nitrogens with zero attached hydrogens (tertiary/aromatic N) is 1. The van der Waals surface area contributed by atoms with E-state index in [-0.39, 0.29) is 22.5 Å². The molecule has 1 aromatic carbocycles. The van der Waals surface area contributed by atoms with Gasteiger partial charge in [0.1, 0.15) is 0 Å². The van der Waals surface area contributed by atoms with Crippen LogP contribution < -0.4 is 5.32 Å². The summed E-state index contributed by atoms with van der Waals surface area (Å²) in [6.45, 7) is 0. The topological polar surface area (TPSA) is 79.3 Å². The first-order chi connectivity index (χ1) is 10.1. The van der Waals surface area contributed by atoms with Crippen molar-refractivity contribution in [2.24, 2.45) is 0 Å². The summed E-state index contributed by atoms with van der Waals surface area (Å²) in [5, 5.41) is 11.5. The second-order valence-corrected chi connectivity index (χ2v) is 5.86. The van der Waals surface area contributed by atoms with Crippen LogP contribution in [0.25, 0.3) is 0 Å². The molecule has 0 saturated heterocycles. The summed E-state index contributed by atoms with van der Waals surface area (Å²) in [6.07, 6.45) is 2.04. The van der Waals surface area contributed by atoms with E-state index in [0.29, 0.717) is 6.42 Å². The lowest BCUT2D eigenvalue weighted by atomic mass is 10.1. The van der Waals surface area contributed by atoms with Crippen molar-refractivity contribution in [3.8, 4) is 0 Å². The minimum atomic E-state index is -1.16. The Balaban J connectivity index is 1.76. The van der Waals surface area contributed by atoms with Crippen LogP contribution in [0.1, 0.15) is 16.1 Å². The number of nitrogens with one attached hydrogen (secondary N) is 1. The fourth-order valence-electron chi connectivity index (χ4n) is 2.22. The van der Waals surface area contributed by atoms with Gasteiger partial charge in [0.15, 0.2) is 5.69 Å². The third-order valence-corrected chi connectivity index (χ3v) is 4.53. The third-order valence-electron chi connectivity index (χ3n) is 3.21. The van der Waals surface area contributed by atoms with E-state index < -0.39 is 5.97 Å². The number of carboxylic acid groups (broad SMARTS) is 1. The predicted octanol–water partition coefficient (Wildman–Crippen LogP) is 2.44. The summed E-state index contributed by atoms with van der Waals surface area (Å²) in [7, 11) is 0. The number of amides is 1. The van der Waals surface area contributed by atoms with Crippen molar-refractivity contribution in [3.63, 3.8) is 0 Å². The van der Waals surface area contributed by atoms with Crippen LogP contribution >= 0.6 is 11.8 Å². The molecule has 1 unspecified atom stereocenters. The molecule has 0 spiro atoms. The van der Waals surface area contributed by atoms with Crippen molar-refractivity contribution in [3.05, 3.63) is 53.9 Å². The average Bonchev–Trinajstić information content (AvgIpc) is 2.91. The van der Waals surface area contributed by atoms with Gasteiger partial charge in [-0.15, -0.1) is 11.8 Å². The number of thioether (sulfide) groups is 1. The highest BCUT2D eigenvalue weighted by Crippen LogP contribution is 2.37. The summed E-state index contributed by atoms with van der Waals surface area (Å²) in [5.41, 5.74) is 1.23. The number of carboxylic acids is 1. The van der Waals surface area contributed by atoms with Gasteiger partial charge in [0.25, 0.3) is 0 Å². The maximum absolute atomic E-state index is 12.3. The fraction of sp³-hybridized carbons (Fsp3) is 0.133. The molecule has 6 heteroatoms. The monoisotopic (exact) mass is 300 g/mol. The Morgan fingerprint density at radius 2 is 2.05 bits per heavy atom. The van der Waals surface area contributed by atoms with Crippen LogP contribution in [0.5, 0.6) is 0 Å². The van der Waals surface area contributed by atoms with E-state index in [1.54, 1.807) is 12.1 Å². The minimum absolute atomic E-state index is 0.147. The average molecular weight is 300 g/mol. The standard InChI is InChI=1S/C15H12N2O3S/c18-14(12-8-9-4-1-2-6-11(9)21-12)17-10-5-3-7-16-13(10)15(19)20/h1-7,12H,8H2,(H,17,18)(H,19,20). The number of benzene rings is 1. The van der Waals surface area contributed by atoms with E-state index in [2.05, 4.69) is 10.3 Å². The van der Waals surface area contributed by atoms with E-state index in [1.807, 2.05) is 24.3 Å². The Kier molecular flexibility index (Phi) is 3.62. The zero-order chi connectivity index (χ0) is 14.8. The van der Waals surface area contributed by atoms with Crippen molar-refractivity contribution >= 4 is 29.3 Å². The van der Waals surface area contributed by atoms with Gasteiger partial charge in [-0.3, -0.25) is 4.79 Å². The molecule has 3 rings (SSSR count). The molecule has 2 aromatic rings. The first-order valence-electron chi connectivity index (χ1n) is 6.39. The number of pyridine rings is 1. The Morgan fingerprint density at radius 3 is 2.81 bits per heavy atom. The van der Waals surface area contributed by atoms with Crippen molar-refractivity contribution in [1.29, 1.82) is 0 Å². The van der Waals surface area contributed by atoms with Crippen molar-refractivity contribution in [1.82, 2.24) is 4.98 Å². The molecule has 0 bridgehead atoms.